The molecular formula is C14H23N3O5. The topological polar surface area (TPSA) is 115 Å². The van der Waals surface area contributed by atoms with Crippen LogP contribution in [0.15, 0.2) is 29.4 Å². The third-order valence-corrected chi connectivity index (χ3v) is 3.43. The molecule has 1 aliphatic heterocycles. The summed E-state index contributed by atoms with van der Waals surface area (Å²) >= 11 is 0. The van der Waals surface area contributed by atoms with Crippen LogP contribution in [0.25, 0.3) is 0 Å². The Bertz CT molecular complexity index is 475. The van der Waals surface area contributed by atoms with E-state index in [2.05, 4.69) is 16.9 Å². The first-order valence-corrected chi connectivity index (χ1v) is 6.73. The Morgan fingerprint density at radius 1 is 1.59 bits per heavy atom. The van der Waals surface area contributed by atoms with Gasteiger partial charge < -0.3 is 30.3 Å². The number of ether oxygens (including phenoxy) is 1. The molecule has 4 atom stereocenters. The zero-order chi connectivity index (χ0) is 16.9. The molecule has 0 radical (unpaired) electrons. The predicted octanol–water partition coefficient (Wildman–Crippen LogP) is -1.41. The number of hydrogen-bond acceptors (Lipinski definition) is 7. The van der Waals surface area contributed by atoms with E-state index in [-0.39, 0.29) is 5.57 Å². The molecule has 0 aromatic carbocycles. The Morgan fingerprint density at radius 2 is 2.23 bits per heavy atom. The van der Waals surface area contributed by atoms with Gasteiger partial charge >= 0.3 is 0 Å². The Labute approximate surface area is 129 Å². The highest BCUT2D eigenvalue weighted by Crippen LogP contribution is 2.32. The van der Waals surface area contributed by atoms with Crippen LogP contribution in [-0.4, -0.2) is 77.2 Å². The van der Waals surface area contributed by atoms with E-state index in [0.29, 0.717) is 0 Å². The maximum Gasteiger partial charge on any atom is 0.255 e. The molecule has 1 fully saturated rings. The summed E-state index contributed by atoms with van der Waals surface area (Å²) in [6.45, 7) is 4.62. The number of carbonyl (C=O) groups is 1. The smallest absolute Gasteiger partial charge is 0.255 e. The van der Waals surface area contributed by atoms with Crippen molar-refractivity contribution in [2.45, 2.75) is 31.0 Å². The first kappa shape index (κ1) is 18.3. The summed E-state index contributed by atoms with van der Waals surface area (Å²) in [5.74, 6) is -0.414. The molecule has 8 nitrogen and oxygen atoms in total. The van der Waals surface area contributed by atoms with E-state index in [1.54, 1.807) is 7.05 Å². The number of amides is 1. The standard InChI is InChI=1S/C14H23N3O5/c1-9(12(20)16-8-15-3)5-6-17(4)13-14(2,21)11(19)10(7-18)22-13/h5-6,8,10-11,13,18-19,21H,1,7H2,2-4H3,(H,15,16,20)/b6-5-/t10-,11-,13-,14-/m1/s1. The first-order valence-electron chi connectivity index (χ1n) is 6.73. The lowest BCUT2D eigenvalue weighted by atomic mass is 9.96. The van der Waals surface area contributed by atoms with Crippen molar-refractivity contribution < 1.29 is 24.9 Å². The molecule has 124 valence electrons. The van der Waals surface area contributed by atoms with Crippen LogP contribution in [0.1, 0.15) is 6.92 Å². The molecule has 0 spiro atoms. The minimum atomic E-state index is -1.56. The van der Waals surface area contributed by atoms with Crippen LogP contribution in [0.5, 0.6) is 0 Å². The first-order chi connectivity index (χ1) is 10.3. The number of nitrogens with zero attached hydrogens (tertiary/aromatic N) is 2. The molecule has 1 rings (SSSR count). The van der Waals surface area contributed by atoms with Gasteiger partial charge in [0.25, 0.3) is 5.91 Å². The van der Waals surface area contributed by atoms with Gasteiger partial charge in [0.2, 0.25) is 0 Å². The van der Waals surface area contributed by atoms with Crippen LogP contribution in [0.3, 0.4) is 0 Å². The van der Waals surface area contributed by atoms with Crippen molar-refractivity contribution in [3.63, 3.8) is 0 Å². The summed E-state index contributed by atoms with van der Waals surface area (Å²) < 4.78 is 5.43. The highest BCUT2D eigenvalue weighted by atomic mass is 16.6. The molecule has 0 aliphatic carbocycles. The van der Waals surface area contributed by atoms with E-state index in [9.17, 15) is 15.0 Å². The van der Waals surface area contributed by atoms with Crippen LogP contribution < -0.4 is 5.32 Å². The van der Waals surface area contributed by atoms with Crippen molar-refractivity contribution in [1.29, 1.82) is 0 Å². The molecule has 0 bridgehead atoms. The van der Waals surface area contributed by atoms with Crippen LogP contribution >= 0.6 is 0 Å². The molecule has 22 heavy (non-hydrogen) atoms. The van der Waals surface area contributed by atoms with Gasteiger partial charge in [-0.2, -0.15) is 0 Å². The summed E-state index contributed by atoms with van der Waals surface area (Å²) in [5, 5.41) is 31.8. The van der Waals surface area contributed by atoms with Crippen LogP contribution in [0.4, 0.5) is 0 Å². The number of hydrogen-bond donors (Lipinski definition) is 4. The Morgan fingerprint density at radius 3 is 2.73 bits per heavy atom. The molecule has 1 aliphatic rings. The number of aliphatic hydroxyl groups excluding tert-OH is 2. The zero-order valence-corrected chi connectivity index (χ0v) is 12.9. The monoisotopic (exact) mass is 313 g/mol. The van der Waals surface area contributed by atoms with Gasteiger partial charge in [0.15, 0.2) is 6.23 Å². The van der Waals surface area contributed by atoms with Crippen LogP contribution in [-0.2, 0) is 9.53 Å². The second kappa shape index (κ2) is 7.50. The number of aliphatic hydroxyl groups is 3. The Hall–Kier alpha value is -1.74. The van der Waals surface area contributed by atoms with Gasteiger partial charge in [0, 0.05) is 25.9 Å². The quantitative estimate of drug-likeness (QED) is 0.207. The van der Waals surface area contributed by atoms with E-state index in [1.807, 2.05) is 0 Å². The Kier molecular flexibility index (Phi) is 6.24. The third kappa shape index (κ3) is 3.92. The summed E-state index contributed by atoms with van der Waals surface area (Å²) in [6.07, 6.45) is 1.23. The average molecular weight is 313 g/mol. The van der Waals surface area contributed by atoms with Crippen molar-refractivity contribution in [3.8, 4) is 0 Å². The largest absolute Gasteiger partial charge is 0.394 e. The fourth-order valence-corrected chi connectivity index (χ4v) is 2.13. The van der Waals surface area contributed by atoms with Crippen molar-refractivity contribution in [2.24, 2.45) is 4.99 Å². The van der Waals surface area contributed by atoms with Gasteiger partial charge in [-0.25, -0.2) is 0 Å². The summed E-state index contributed by atoms with van der Waals surface area (Å²) in [6, 6.07) is 0. The van der Waals surface area contributed by atoms with Gasteiger partial charge in [0.05, 0.1) is 12.9 Å². The van der Waals surface area contributed by atoms with E-state index in [1.165, 1.54) is 37.5 Å². The van der Waals surface area contributed by atoms with Crippen molar-refractivity contribution in [3.05, 3.63) is 24.4 Å². The molecule has 0 aromatic heterocycles. The van der Waals surface area contributed by atoms with E-state index < -0.39 is 36.6 Å². The molecule has 8 heteroatoms. The maximum atomic E-state index is 11.6. The minimum absolute atomic E-state index is 0.184. The van der Waals surface area contributed by atoms with Gasteiger partial charge in [-0.05, 0) is 13.0 Å². The molecule has 1 saturated heterocycles. The van der Waals surface area contributed by atoms with E-state index >= 15 is 0 Å². The number of aliphatic imine (C=N–C) groups is 1. The van der Waals surface area contributed by atoms with Crippen LogP contribution in [0, 0.1) is 0 Å². The van der Waals surface area contributed by atoms with E-state index in [4.69, 9.17) is 9.84 Å². The second-order valence-corrected chi connectivity index (χ2v) is 5.25. The fourth-order valence-electron chi connectivity index (χ4n) is 2.13. The van der Waals surface area contributed by atoms with Gasteiger partial charge in [-0.15, -0.1) is 0 Å². The normalized spacial score (nSPS) is 31.8. The lowest BCUT2D eigenvalue weighted by molar-refractivity contribution is -0.115. The fraction of sp³-hybridized carbons (Fsp3) is 0.571. The van der Waals surface area contributed by atoms with Crippen molar-refractivity contribution in [1.82, 2.24) is 10.2 Å². The predicted molar refractivity (Wildman–Crippen MR) is 81.0 cm³/mol. The molecule has 0 aromatic rings. The van der Waals surface area contributed by atoms with E-state index in [0.717, 1.165) is 0 Å². The van der Waals surface area contributed by atoms with Gasteiger partial charge in [-0.1, -0.05) is 6.58 Å². The summed E-state index contributed by atoms with van der Waals surface area (Å²) in [5.41, 5.74) is -1.38. The molecule has 0 unspecified atom stereocenters. The molecule has 1 amide bonds. The highest BCUT2D eigenvalue weighted by molar-refractivity contribution is 6.01. The third-order valence-electron chi connectivity index (χ3n) is 3.43. The molecule has 0 saturated carbocycles. The highest BCUT2D eigenvalue weighted by Gasteiger charge is 2.53. The lowest BCUT2D eigenvalue weighted by Gasteiger charge is -2.32. The maximum absolute atomic E-state index is 11.6. The zero-order valence-electron chi connectivity index (χ0n) is 12.9. The van der Waals surface area contributed by atoms with Crippen molar-refractivity contribution >= 4 is 12.2 Å². The number of likely N-dealkylation sites (N-methyl/N-ethyl adjacent to an activating group) is 1. The number of carbonyl (C=O) groups excluding carboxylic acids is 1. The lowest BCUT2D eigenvalue weighted by Crippen LogP contribution is -2.50. The average Bonchev–Trinajstić information content (AvgIpc) is 2.72. The number of rotatable bonds is 6. The summed E-state index contributed by atoms with van der Waals surface area (Å²) in [7, 11) is 3.13. The van der Waals surface area contributed by atoms with Crippen molar-refractivity contribution in [2.75, 3.05) is 20.7 Å². The number of nitrogens with one attached hydrogen (secondary N) is 1. The molecular weight excluding hydrogens is 290 g/mol. The SMILES string of the molecule is C=C(/C=C\N(C)[C@@H]1O[C@H](CO)[C@@H](O)[C@@]1(C)O)C(=O)NC=NC. The second-order valence-electron chi connectivity index (χ2n) is 5.25. The van der Waals surface area contributed by atoms with Gasteiger partial charge in [-0.3, -0.25) is 9.79 Å². The Balaban J connectivity index is 2.72. The minimum Gasteiger partial charge on any atom is -0.394 e. The summed E-state index contributed by atoms with van der Waals surface area (Å²) in [4.78, 5) is 16.7. The van der Waals surface area contributed by atoms with Crippen LogP contribution in [0.2, 0.25) is 0 Å². The molecule has 4 N–H and O–H groups in total. The molecule has 1 heterocycles. The van der Waals surface area contributed by atoms with Gasteiger partial charge in [0.1, 0.15) is 17.8 Å².